The maximum absolute atomic E-state index is 12.2. The summed E-state index contributed by atoms with van der Waals surface area (Å²) in [5.74, 6) is 0.745. The second-order valence-electron chi connectivity index (χ2n) is 6.53. The molecule has 1 unspecified atom stereocenters. The van der Waals surface area contributed by atoms with Gasteiger partial charge in [0.1, 0.15) is 16.6 Å². The number of ether oxygens (including phenoxy) is 1. The third kappa shape index (κ3) is 4.47. The van der Waals surface area contributed by atoms with E-state index in [1.807, 2.05) is 20.8 Å². The van der Waals surface area contributed by atoms with Crippen molar-refractivity contribution in [2.75, 3.05) is 25.0 Å². The molecule has 1 amide bonds. The second kappa shape index (κ2) is 6.69. The molecule has 22 heavy (non-hydrogen) atoms. The van der Waals surface area contributed by atoms with Crippen molar-refractivity contribution in [3.05, 3.63) is 17.5 Å². The molecule has 1 fully saturated rings. The highest BCUT2D eigenvalue weighted by molar-refractivity contribution is 6.29. The Bertz CT molecular complexity index is 533. The number of likely N-dealkylation sites (N-methyl/N-ethyl adjacent to an activating group) is 1. The van der Waals surface area contributed by atoms with Gasteiger partial charge in [-0.25, -0.2) is 9.78 Å². The summed E-state index contributed by atoms with van der Waals surface area (Å²) in [5, 5.41) is 0.375. The van der Waals surface area contributed by atoms with E-state index in [0.717, 1.165) is 25.2 Å². The largest absolute Gasteiger partial charge is 0.444 e. The second-order valence-corrected chi connectivity index (χ2v) is 6.92. The van der Waals surface area contributed by atoms with Crippen LogP contribution in [0.25, 0.3) is 0 Å². The van der Waals surface area contributed by atoms with Crippen LogP contribution >= 0.6 is 11.6 Å². The highest BCUT2D eigenvalue weighted by Gasteiger charge is 2.29. The zero-order valence-electron chi connectivity index (χ0n) is 13.5. The summed E-state index contributed by atoms with van der Waals surface area (Å²) in [5.41, 5.74) is -0.488. The molecule has 0 aliphatic carbocycles. The summed E-state index contributed by atoms with van der Waals surface area (Å²) in [4.78, 5) is 24.3. The lowest BCUT2D eigenvalue weighted by Gasteiger charge is -2.38. The molecule has 1 aliphatic heterocycles. The average Bonchev–Trinajstić information content (AvgIpc) is 2.45. The number of rotatable bonds is 2. The number of halogens is 1. The minimum Gasteiger partial charge on any atom is -0.444 e. The third-order valence-corrected chi connectivity index (χ3v) is 3.72. The Kier molecular flexibility index (Phi) is 5.11. The van der Waals surface area contributed by atoms with E-state index in [-0.39, 0.29) is 12.1 Å². The number of carbonyl (C=O) groups is 1. The van der Waals surface area contributed by atoms with Gasteiger partial charge in [0.25, 0.3) is 0 Å². The molecule has 122 valence electrons. The van der Waals surface area contributed by atoms with Crippen molar-refractivity contribution in [2.24, 2.45) is 0 Å². The third-order valence-electron chi connectivity index (χ3n) is 3.54. The molecule has 1 saturated heterocycles. The fraction of sp³-hybridized carbons (Fsp3) is 0.667. The highest BCUT2D eigenvalue weighted by Crippen LogP contribution is 2.22. The summed E-state index contributed by atoms with van der Waals surface area (Å²) in [6.45, 7) is 7.19. The van der Waals surface area contributed by atoms with Crippen LogP contribution in [0.4, 0.5) is 10.6 Å². The lowest BCUT2D eigenvalue weighted by atomic mass is 10.0. The van der Waals surface area contributed by atoms with E-state index in [4.69, 9.17) is 16.3 Å². The monoisotopic (exact) mass is 326 g/mol. The Morgan fingerprint density at radius 1 is 1.45 bits per heavy atom. The first-order chi connectivity index (χ1) is 10.3. The van der Waals surface area contributed by atoms with Crippen LogP contribution in [0.1, 0.15) is 33.6 Å². The molecule has 1 aromatic heterocycles. The van der Waals surface area contributed by atoms with Crippen LogP contribution in [0.2, 0.25) is 5.15 Å². The summed E-state index contributed by atoms with van der Waals surface area (Å²) in [7, 11) is 1.78. The van der Waals surface area contributed by atoms with Gasteiger partial charge in [0.2, 0.25) is 0 Å². The van der Waals surface area contributed by atoms with Gasteiger partial charge in [-0.05, 0) is 33.6 Å². The summed E-state index contributed by atoms with van der Waals surface area (Å²) < 4.78 is 5.43. The number of hydrogen-bond donors (Lipinski definition) is 0. The minimum absolute atomic E-state index is 0.0874. The van der Waals surface area contributed by atoms with Crippen molar-refractivity contribution in [3.63, 3.8) is 0 Å². The van der Waals surface area contributed by atoms with Crippen LogP contribution in [0.5, 0.6) is 0 Å². The predicted octanol–water partition coefficient (Wildman–Crippen LogP) is 2.97. The molecular weight excluding hydrogens is 304 g/mol. The molecule has 2 heterocycles. The topological polar surface area (TPSA) is 58.6 Å². The molecule has 6 nitrogen and oxygen atoms in total. The Morgan fingerprint density at radius 2 is 2.18 bits per heavy atom. The number of carbonyl (C=O) groups excluding carboxylic acids is 1. The average molecular weight is 327 g/mol. The summed E-state index contributed by atoms with van der Waals surface area (Å²) >= 11 is 5.90. The number of nitrogens with zero attached hydrogens (tertiary/aromatic N) is 4. The van der Waals surface area contributed by atoms with Crippen molar-refractivity contribution in [1.29, 1.82) is 0 Å². The molecule has 0 spiro atoms. The first-order valence-corrected chi connectivity index (χ1v) is 7.82. The van der Waals surface area contributed by atoms with Crippen LogP contribution in [0.3, 0.4) is 0 Å². The van der Waals surface area contributed by atoms with E-state index in [1.165, 1.54) is 6.20 Å². The van der Waals surface area contributed by atoms with Gasteiger partial charge in [0, 0.05) is 20.1 Å². The smallest absolute Gasteiger partial charge is 0.410 e. The van der Waals surface area contributed by atoms with Crippen LogP contribution in [-0.4, -0.2) is 52.7 Å². The zero-order valence-corrected chi connectivity index (χ0v) is 14.3. The first-order valence-electron chi connectivity index (χ1n) is 7.44. The van der Waals surface area contributed by atoms with Crippen molar-refractivity contribution in [1.82, 2.24) is 14.9 Å². The number of piperidine rings is 1. The maximum atomic E-state index is 12.2. The van der Waals surface area contributed by atoms with Gasteiger partial charge < -0.3 is 14.5 Å². The molecule has 2 rings (SSSR count). The van der Waals surface area contributed by atoms with Gasteiger partial charge in [0.15, 0.2) is 0 Å². The number of hydrogen-bond acceptors (Lipinski definition) is 5. The van der Waals surface area contributed by atoms with E-state index >= 15 is 0 Å². The minimum atomic E-state index is -0.488. The standard InChI is InChI=1S/C15H23ClN4O2/c1-15(2,3)22-14(21)19(4)11-6-5-7-20(10-11)13-9-17-8-12(16)18-13/h8-9,11H,5-7,10H2,1-4H3. The lowest BCUT2D eigenvalue weighted by molar-refractivity contribution is 0.0209. The molecule has 0 bridgehead atoms. The Labute approximate surface area is 136 Å². The normalized spacial score (nSPS) is 19.0. The molecule has 0 N–H and O–H groups in total. The van der Waals surface area contributed by atoms with Gasteiger partial charge in [-0.15, -0.1) is 0 Å². The SMILES string of the molecule is CN(C(=O)OC(C)(C)C)C1CCCN(c2cncc(Cl)n2)C1. The molecule has 1 aromatic rings. The quantitative estimate of drug-likeness (QED) is 0.836. The molecule has 1 aliphatic rings. The van der Waals surface area contributed by atoms with Crippen LogP contribution in [-0.2, 0) is 4.74 Å². The predicted molar refractivity (Wildman–Crippen MR) is 86.3 cm³/mol. The van der Waals surface area contributed by atoms with E-state index in [2.05, 4.69) is 14.9 Å². The van der Waals surface area contributed by atoms with Crippen LogP contribution in [0, 0.1) is 0 Å². The van der Waals surface area contributed by atoms with Crippen molar-refractivity contribution < 1.29 is 9.53 Å². The van der Waals surface area contributed by atoms with Crippen molar-refractivity contribution in [2.45, 2.75) is 45.3 Å². The van der Waals surface area contributed by atoms with Gasteiger partial charge in [0.05, 0.1) is 18.4 Å². The summed E-state index contributed by atoms with van der Waals surface area (Å²) in [6.07, 6.45) is 4.84. The molecular formula is C15H23ClN4O2. The van der Waals surface area contributed by atoms with E-state index < -0.39 is 5.60 Å². The molecule has 7 heteroatoms. The first kappa shape index (κ1) is 16.8. The van der Waals surface area contributed by atoms with Gasteiger partial charge in [-0.3, -0.25) is 4.98 Å². The fourth-order valence-corrected chi connectivity index (χ4v) is 2.59. The Hall–Kier alpha value is -1.56. The van der Waals surface area contributed by atoms with E-state index in [0.29, 0.717) is 11.7 Å². The zero-order chi connectivity index (χ0) is 16.3. The van der Waals surface area contributed by atoms with Gasteiger partial charge in [-0.1, -0.05) is 11.6 Å². The highest BCUT2D eigenvalue weighted by atomic mass is 35.5. The molecule has 0 saturated carbocycles. The maximum Gasteiger partial charge on any atom is 0.410 e. The van der Waals surface area contributed by atoms with Crippen LogP contribution < -0.4 is 4.90 Å². The van der Waals surface area contributed by atoms with Gasteiger partial charge in [-0.2, -0.15) is 0 Å². The van der Waals surface area contributed by atoms with E-state index in [1.54, 1.807) is 18.1 Å². The van der Waals surface area contributed by atoms with Crippen molar-refractivity contribution in [3.8, 4) is 0 Å². The number of amides is 1. The Balaban J connectivity index is 2.02. The lowest BCUT2D eigenvalue weighted by Crippen LogP contribution is -2.50. The molecule has 0 radical (unpaired) electrons. The molecule has 1 atom stereocenters. The number of aromatic nitrogens is 2. The fourth-order valence-electron chi connectivity index (χ4n) is 2.45. The van der Waals surface area contributed by atoms with Gasteiger partial charge >= 0.3 is 6.09 Å². The number of anilines is 1. The molecule has 0 aromatic carbocycles. The van der Waals surface area contributed by atoms with E-state index in [9.17, 15) is 4.79 Å². The summed E-state index contributed by atoms with van der Waals surface area (Å²) in [6, 6.07) is 0.0874. The Morgan fingerprint density at radius 3 is 2.82 bits per heavy atom. The van der Waals surface area contributed by atoms with Crippen molar-refractivity contribution >= 4 is 23.5 Å². The van der Waals surface area contributed by atoms with Crippen LogP contribution in [0.15, 0.2) is 12.4 Å².